The third-order valence-corrected chi connectivity index (χ3v) is 6.79. The average molecular weight is 432 g/mol. The number of furan rings is 1. The summed E-state index contributed by atoms with van der Waals surface area (Å²) in [4.78, 5) is 27.7. The van der Waals surface area contributed by atoms with Crippen LogP contribution in [-0.2, 0) is 10.3 Å². The third-order valence-electron chi connectivity index (χ3n) is 6.79. The zero-order valence-corrected chi connectivity index (χ0v) is 18.2. The van der Waals surface area contributed by atoms with Crippen molar-refractivity contribution in [3.8, 4) is 0 Å². The van der Waals surface area contributed by atoms with Crippen LogP contribution in [0.25, 0.3) is 0 Å². The molecule has 1 aromatic heterocycles. The number of nitrogens with one attached hydrogen (secondary N) is 2. The minimum absolute atomic E-state index is 0.0858. The lowest BCUT2D eigenvalue weighted by Crippen LogP contribution is -2.52. The molecule has 32 heavy (non-hydrogen) atoms. The van der Waals surface area contributed by atoms with Crippen molar-refractivity contribution in [3.05, 3.63) is 89.1 Å². The molecule has 0 saturated carbocycles. The Bertz CT molecular complexity index is 1200. The van der Waals surface area contributed by atoms with Crippen molar-refractivity contribution in [2.45, 2.75) is 38.3 Å². The van der Waals surface area contributed by atoms with Gasteiger partial charge in [0.05, 0.1) is 12.2 Å². The molecule has 2 unspecified atom stereocenters. The van der Waals surface area contributed by atoms with Gasteiger partial charge in [-0.3, -0.25) is 14.9 Å². The number of hydrogen-bond acceptors (Lipinski definition) is 4. The molecule has 5 rings (SSSR count). The lowest BCUT2D eigenvalue weighted by atomic mass is 9.70. The Labute approximate surface area is 186 Å². The molecule has 0 aliphatic carbocycles. The van der Waals surface area contributed by atoms with Crippen LogP contribution in [0, 0.1) is 24.6 Å². The molecule has 2 aliphatic rings. The molecule has 2 aliphatic heterocycles. The first-order chi connectivity index (χ1) is 15.3. The highest BCUT2D eigenvalue weighted by atomic mass is 19.1. The molecule has 1 amide bonds. The fraction of sp³-hybridized carbons (Fsp3) is 0.308. The van der Waals surface area contributed by atoms with Crippen LogP contribution in [0.1, 0.15) is 47.0 Å². The molecule has 164 valence electrons. The topological polar surface area (TPSA) is 71.3 Å². The molecule has 6 heteroatoms. The molecule has 1 fully saturated rings. The van der Waals surface area contributed by atoms with Gasteiger partial charge in [-0.2, -0.15) is 0 Å². The van der Waals surface area contributed by atoms with Gasteiger partial charge >= 0.3 is 0 Å². The maximum Gasteiger partial charge on any atom is 0.250 e. The molecule has 5 nitrogen and oxygen atoms in total. The average Bonchev–Trinajstić information content (AvgIpc) is 3.46. The van der Waals surface area contributed by atoms with Gasteiger partial charge in [0.25, 0.3) is 0 Å². The number of rotatable bonds is 4. The SMILES string of the molecule is Cc1cccc(C(=O)[C@@H]2[C@@H](c3ccco3)C(C(C)C)NC23C(=O)Nc2ccc(F)cc23)c1. The van der Waals surface area contributed by atoms with Gasteiger partial charge < -0.3 is 9.73 Å². The smallest absolute Gasteiger partial charge is 0.250 e. The lowest BCUT2D eigenvalue weighted by Gasteiger charge is -2.30. The van der Waals surface area contributed by atoms with E-state index in [4.69, 9.17) is 4.42 Å². The molecule has 2 aromatic carbocycles. The molecule has 1 spiro atoms. The normalized spacial score (nSPS) is 26.5. The fourth-order valence-electron chi connectivity index (χ4n) is 5.41. The maximum absolute atomic E-state index is 14.4. The van der Waals surface area contributed by atoms with Crippen molar-refractivity contribution in [2.75, 3.05) is 5.32 Å². The first-order valence-corrected chi connectivity index (χ1v) is 10.9. The number of anilines is 1. The van der Waals surface area contributed by atoms with Gasteiger partial charge in [0.1, 0.15) is 17.1 Å². The number of benzene rings is 2. The number of carbonyl (C=O) groups excluding carboxylic acids is 2. The van der Waals surface area contributed by atoms with Crippen molar-refractivity contribution >= 4 is 17.4 Å². The molecule has 2 N–H and O–H groups in total. The quantitative estimate of drug-likeness (QED) is 0.582. The van der Waals surface area contributed by atoms with Gasteiger partial charge in [0.2, 0.25) is 5.91 Å². The maximum atomic E-state index is 14.4. The van der Waals surface area contributed by atoms with Gasteiger partial charge in [-0.05, 0) is 49.2 Å². The summed E-state index contributed by atoms with van der Waals surface area (Å²) in [6, 6.07) is 15.0. The van der Waals surface area contributed by atoms with E-state index < -0.39 is 23.2 Å². The number of aryl methyl sites for hydroxylation is 1. The van der Waals surface area contributed by atoms with E-state index in [1.807, 2.05) is 45.0 Å². The summed E-state index contributed by atoms with van der Waals surface area (Å²) in [6.45, 7) is 6.01. The summed E-state index contributed by atoms with van der Waals surface area (Å²) in [5, 5.41) is 6.37. The monoisotopic (exact) mass is 432 g/mol. The van der Waals surface area contributed by atoms with Crippen LogP contribution in [0.2, 0.25) is 0 Å². The second-order valence-corrected chi connectivity index (χ2v) is 9.12. The number of Topliss-reactive ketones (excluding diaryl/α,β-unsaturated/α-hetero) is 1. The van der Waals surface area contributed by atoms with Gasteiger partial charge in [-0.1, -0.05) is 37.6 Å². The van der Waals surface area contributed by atoms with Crippen LogP contribution in [0.5, 0.6) is 0 Å². The van der Waals surface area contributed by atoms with Crippen molar-refractivity contribution in [1.29, 1.82) is 0 Å². The van der Waals surface area contributed by atoms with E-state index in [2.05, 4.69) is 10.6 Å². The highest BCUT2D eigenvalue weighted by molar-refractivity contribution is 6.12. The Hall–Kier alpha value is -3.25. The summed E-state index contributed by atoms with van der Waals surface area (Å²) in [7, 11) is 0. The van der Waals surface area contributed by atoms with E-state index in [1.165, 1.54) is 12.1 Å². The number of fused-ring (bicyclic) bond motifs is 2. The predicted molar refractivity (Wildman–Crippen MR) is 119 cm³/mol. The van der Waals surface area contributed by atoms with E-state index in [9.17, 15) is 14.0 Å². The Morgan fingerprint density at radius 3 is 2.62 bits per heavy atom. The summed E-state index contributed by atoms with van der Waals surface area (Å²) in [6.07, 6.45) is 1.58. The number of amides is 1. The Kier molecular flexibility index (Phi) is 4.78. The zero-order valence-electron chi connectivity index (χ0n) is 18.2. The van der Waals surface area contributed by atoms with Crippen molar-refractivity contribution in [3.63, 3.8) is 0 Å². The highest BCUT2D eigenvalue weighted by Gasteiger charge is 2.65. The van der Waals surface area contributed by atoms with E-state index >= 15 is 0 Å². The van der Waals surface area contributed by atoms with Crippen LogP contribution in [0.15, 0.2) is 65.3 Å². The molecule has 3 heterocycles. The summed E-state index contributed by atoms with van der Waals surface area (Å²) < 4.78 is 20.2. The first kappa shape index (κ1) is 20.6. The molecule has 1 saturated heterocycles. The van der Waals surface area contributed by atoms with E-state index in [1.54, 1.807) is 24.5 Å². The standard InChI is InChI=1S/C26H25FN2O3/c1-14(2)23-21(20-8-5-11-32-20)22(24(30)16-7-4-6-15(3)12-16)26(29-23)18-13-17(27)9-10-19(18)28-25(26)31/h4-14,21-23,29H,1-3H3,(H,28,31)/t21-,22+,23?,26?/m1/s1. The second-order valence-electron chi connectivity index (χ2n) is 9.12. The van der Waals surface area contributed by atoms with Crippen LogP contribution in [0.4, 0.5) is 10.1 Å². The van der Waals surface area contributed by atoms with Crippen molar-refractivity contribution in [2.24, 2.45) is 11.8 Å². The summed E-state index contributed by atoms with van der Waals surface area (Å²) in [5.74, 6) is -1.46. The fourth-order valence-corrected chi connectivity index (χ4v) is 5.41. The molecule has 0 bridgehead atoms. The van der Waals surface area contributed by atoms with Crippen LogP contribution in [-0.4, -0.2) is 17.7 Å². The van der Waals surface area contributed by atoms with Crippen LogP contribution in [0.3, 0.4) is 0 Å². The van der Waals surface area contributed by atoms with E-state index in [-0.39, 0.29) is 23.7 Å². The van der Waals surface area contributed by atoms with Gasteiger partial charge in [-0.25, -0.2) is 4.39 Å². The molecule has 3 aromatic rings. The zero-order chi connectivity index (χ0) is 22.6. The Balaban J connectivity index is 1.77. The third kappa shape index (κ3) is 2.93. The Morgan fingerprint density at radius 2 is 1.94 bits per heavy atom. The van der Waals surface area contributed by atoms with Crippen LogP contribution < -0.4 is 10.6 Å². The highest BCUT2D eigenvalue weighted by Crippen LogP contribution is 2.54. The molecular weight excluding hydrogens is 407 g/mol. The largest absolute Gasteiger partial charge is 0.469 e. The second kappa shape index (κ2) is 7.41. The number of carbonyl (C=O) groups is 2. The summed E-state index contributed by atoms with van der Waals surface area (Å²) >= 11 is 0. The first-order valence-electron chi connectivity index (χ1n) is 10.9. The van der Waals surface area contributed by atoms with E-state index in [0.717, 1.165) is 5.56 Å². The van der Waals surface area contributed by atoms with Gasteiger partial charge in [0.15, 0.2) is 5.78 Å². The number of ketones is 1. The molecule has 4 atom stereocenters. The van der Waals surface area contributed by atoms with Gasteiger partial charge in [-0.15, -0.1) is 0 Å². The minimum atomic E-state index is -1.40. The summed E-state index contributed by atoms with van der Waals surface area (Å²) in [5.41, 5.74) is 1.06. The predicted octanol–water partition coefficient (Wildman–Crippen LogP) is 4.79. The van der Waals surface area contributed by atoms with Crippen molar-refractivity contribution < 1.29 is 18.4 Å². The van der Waals surface area contributed by atoms with Crippen LogP contribution >= 0.6 is 0 Å². The van der Waals surface area contributed by atoms with Crippen molar-refractivity contribution in [1.82, 2.24) is 5.32 Å². The van der Waals surface area contributed by atoms with E-state index in [0.29, 0.717) is 22.6 Å². The molecule has 0 radical (unpaired) electrons. The lowest BCUT2D eigenvalue weighted by molar-refractivity contribution is -0.122. The van der Waals surface area contributed by atoms with Gasteiger partial charge in [0, 0.05) is 28.8 Å². The minimum Gasteiger partial charge on any atom is -0.469 e. The number of hydrogen-bond donors (Lipinski definition) is 2. The molecular formula is C26H25FN2O3. The number of halogens is 1. The Morgan fingerprint density at radius 1 is 1.12 bits per heavy atom.